The van der Waals surface area contributed by atoms with Gasteiger partial charge in [-0.05, 0) is 23.3 Å². The van der Waals surface area contributed by atoms with Gasteiger partial charge in [0.25, 0.3) is 0 Å². The molecule has 27 heavy (non-hydrogen) atoms. The molecule has 136 valence electrons. The number of aryl methyl sites for hydroxylation is 1. The van der Waals surface area contributed by atoms with E-state index in [1.54, 1.807) is 22.3 Å². The number of nitrogens with one attached hydrogen (secondary N) is 1. The number of para-hydroxylation sites is 1. The van der Waals surface area contributed by atoms with Gasteiger partial charge in [0, 0.05) is 19.4 Å². The van der Waals surface area contributed by atoms with Crippen molar-refractivity contribution in [2.45, 2.75) is 25.9 Å². The lowest BCUT2D eigenvalue weighted by atomic mass is 10.1. The highest BCUT2D eigenvalue weighted by Crippen LogP contribution is 2.22. The van der Waals surface area contributed by atoms with Crippen LogP contribution in [0.15, 0.2) is 61.2 Å². The Bertz CT molecular complexity index is 991. The molecule has 0 fully saturated rings. The second-order valence-corrected chi connectivity index (χ2v) is 7.38. The summed E-state index contributed by atoms with van der Waals surface area (Å²) in [6.45, 7) is 1.22. The molecule has 4 rings (SSSR count). The van der Waals surface area contributed by atoms with Crippen LogP contribution in [0.3, 0.4) is 0 Å². The molecular weight excluding hydrogens is 358 g/mol. The number of carbonyl (C=O) groups is 1. The summed E-state index contributed by atoms with van der Waals surface area (Å²) in [5, 5.41) is 8.08. The van der Waals surface area contributed by atoms with E-state index in [-0.39, 0.29) is 5.91 Å². The topological polar surface area (TPSA) is 72.7 Å². The van der Waals surface area contributed by atoms with E-state index in [1.807, 2.05) is 42.5 Å². The number of aromatic nitrogens is 4. The molecule has 0 spiro atoms. The molecule has 0 radical (unpaired) electrons. The number of thiazole rings is 1. The van der Waals surface area contributed by atoms with Crippen LogP contribution in [0.2, 0.25) is 0 Å². The molecule has 4 aromatic rings. The Balaban J connectivity index is 1.25. The van der Waals surface area contributed by atoms with E-state index in [0.717, 1.165) is 21.7 Å². The van der Waals surface area contributed by atoms with E-state index >= 15 is 0 Å². The number of hydrogen-bond donors (Lipinski definition) is 1. The summed E-state index contributed by atoms with van der Waals surface area (Å²) in [5.74, 6) is 0.0425. The molecule has 0 aliphatic carbocycles. The first-order chi connectivity index (χ1) is 13.3. The second kappa shape index (κ2) is 8.09. The molecule has 0 bridgehead atoms. The number of benzene rings is 2. The average molecular weight is 377 g/mol. The molecule has 0 saturated carbocycles. The van der Waals surface area contributed by atoms with Crippen LogP contribution in [0.4, 0.5) is 0 Å². The monoisotopic (exact) mass is 377 g/mol. The Morgan fingerprint density at radius 3 is 2.67 bits per heavy atom. The van der Waals surface area contributed by atoms with Crippen molar-refractivity contribution in [2.75, 3.05) is 0 Å². The summed E-state index contributed by atoms with van der Waals surface area (Å²) in [5.41, 5.74) is 3.22. The minimum atomic E-state index is 0.0425. The number of carbonyl (C=O) groups excluding carboxylic acids is 1. The van der Waals surface area contributed by atoms with Crippen LogP contribution in [0.25, 0.3) is 10.2 Å². The van der Waals surface area contributed by atoms with E-state index in [4.69, 9.17) is 0 Å². The number of nitrogens with zero attached hydrogens (tertiary/aromatic N) is 4. The fourth-order valence-corrected chi connectivity index (χ4v) is 3.77. The molecule has 6 nitrogen and oxygen atoms in total. The maximum atomic E-state index is 12.1. The van der Waals surface area contributed by atoms with Crippen LogP contribution < -0.4 is 5.32 Å². The molecule has 2 heterocycles. The number of rotatable bonds is 7. The van der Waals surface area contributed by atoms with Crippen molar-refractivity contribution in [3.63, 3.8) is 0 Å². The van der Waals surface area contributed by atoms with E-state index in [0.29, 0.717) is 25.9 Å². The van der Waals surface area contributed by atoms with Crippen molar-refractivity contribution in [3.05, 3.63) is 77.3 Å². The predicted octanol–water partition coefficient (Wildman–Crippen LogP) is 3.19. The highest BCUT2D eigenvalue weighted by atomic mass is 32.1. The normalized spacial score (nSPS) is 11.0. The number of amides is 1. The average Bonchev–Trinajstić information content (AvgIpc) is 3.35. The van der Waals surface area contributed by atoms with E-state index in [9.17, 15) is 4.79 Å². The van der Waals surface area contributed by atoms with E-state index in [2.05, 4.69) is 26.4 Å². The van der Waals surface area contributed by atoms with Crippen molar-refractivity contribution in [2.24, 2.45) is 0 Å². The van der Waals surface area contributed by atoms with Crippen molar-refractivity contribution >= 4 is 27.5 Å². The maximum absolute atomic E-state index is 12.1. The molecule has 2 aromatic carbocycles. The lowest BCUT2D eigenvalue weighted by molar-refractivity contribution is -0.121. The minimum Gasteiger partial charge on any atom is -0.352 e. The first kappa shape index (κ1) is 17.4. The molecule has 2 aromatic heterocycles. The van der Waals surface area contributed by atoms with Gasteiger partial charge in [0.2, 0.25) is 5.91 Å². The standard InChI is InChI=1S/C20H19N5OS/c26-19(9-10-20-24-17-3-1-2-4-18(17)27-20)22-11-15-5-7-16(8-6-15)12-25-14-21-13-23-25/h1-8,13-14H,9-12H2,(H,22,26). The van der Waals surface area contributed by atoms with Crippen LogP contribution in [0, 0.1) is 0 Å². The smallest absolute Gasteiger partial charge is 0.220 e. The molecule has 1 amide bonds. The number of fused-ring (bicyclic) bond motifs is 1. The first-order valence-corrected chi connectivity index (χ1v) is 9.59. The Morgan fingerprint density at radius 2 is 1.89 bits per heavy atom. The summed E-state index contributed by atoms with van der Waals surface area (Å²) in [6, 6.07) is 16.2. The largest absolute Gasteiger partial charge is 0.352 e. The third kappa shape index (κ3) is 4.57. The van der Waals surface area contributed by atoms with Crippen molar-refractivity contribution < 1.29 is 4.79 Å². The van der Waals surface area contributed by atoms with E-state index < -0.39 is 0 Å². The van der Waals surface area contributed by atoms with Crippen LogP contribution in [0.5, 0.6) is 0 Å². The van der Waals surface area contributed by atoms with Crippen LogP contribution in [-0.2, 0) is 24.3 Å². The highest BCUT2D eigenvalue weighted by molar-refractivity contribution is 7.18. The molecular formula is C20H19N5OS. The predicted molar refractivity (Wildman–Crippen MR) is 105 cm³/mol. The molecule has 0 unspecified atom stereocenters. The van der Waals surface area contributed by atoms with Gasteiger partial charge in [0.1, 0.15) is 12.7 Å². The summed E-state index contributed by atoms with van der Waals surface area (Å²) < 4.78 is 2.94. The molecule has 0 atom stereocenters. The molecule has 7 heteroatoms. The van der Waals surface area contributed by atoms with Crippen molar-refractivity contribution in [1.29, 1.82) is 0 Å². The van der Waals surface area contributed by atoms with Crippen molar-refractivity contribution in [1.82, 2.24) is 25.1 Å². The van der Waals surface area contributed by atoms with Gasteiger partial charge in [-0.2, -0.15) is 5.10 Å². The van der Waals surface area contributed by atoms with Gasteiger partial charge in [0.05, 0.1) is 21.8 Å². The second-order valence-electron chi connectivity index (χ2n) is 6.26. The fraction of sp³-hybridized carbons (Fsp3) is 0.200. The zero-order valence-corrected chi connectivity index (χ0v) is 15.5. The zero-order chi connectivity index (χ0) is 18.5. The highest BCUT2D eigenvalue weighted by Gasteiger charge is 2.07. The maximum Gasteiger partial charge on any atom is 0.220 e. The van der Waals surface area contributed by atoms with Gasteiger partial charge >= 0.3 is 0 Å². The van der Waals surface area contributed by atoms with Gasteiger partial charge in [0.15, 0.2) is 0 Å². The first-order valence-electron chi connectivity index (χ1n) is 8.78. The van der Waals surface area contributed by atoms with Crippen LogP contribution in [-0.4, -0.2) is 25.7 Å². The zero-order valence-electron chi connectivity index (χ0n) is 14.7. The van der Waals surface area contributed by atoms with Gasteiger partial charge in [-0.3, -0.25) is 4.79 Å². The van der Waals surface area contributed by atoms with Crippen LogP contribution >= 0.6 is 11.3 Å². The Kier molecular flexibility index (Phi) is 5.20. The fourth-order valence-electron chi connectivity index (χ4n) is 2.80. The summed E-state index contributed by atoms with van der Waals surface area (Å²) in [4.78, 5) is 20.6. The Morgan fingerprint density at radius 1 is 1.07 bits per heavy atom. The van der Waals surface area contributed by atoms with Gasteiger partial charge in [-0.25, -0.2) is 14.6 Å². The molecule has 0 saturated heterocycles. The van der Waals surface area contributed by atoms with Crippen LogP contribution in [0.1, 0.15) is 22.6 Å². The lowest BCUT2D eigenvalue weighted by Gasteiger charge is -2.06. The van der Waals surface area contributed by atoms with Crippen molar-refractivity contribution in [3.8, 4) is 0 Å². The lowest BCUT2D eigenvalue weighted by Crippen LogP contribution is -2.23. The summed E-state index contributed by atoms with van der Waals surface area (Å²) >= 11 is 1.65. The SMILES string of the molecule is O=C(CCc1nc2ccccc2s1)NCc1ccc(Cn2cncn2)cc1. The summed E-state index contributed by atoms with van der Waals surface area (Å²) in [6.07, 6.45) is 4.34. The number of hydrogen-bond acceptors (Lipinski definition) is 5. The Hall–Kier alpha value is -3.06. The third-order valence-electron chi connectivity index (χ3n) is 4.23. The van der Waals surface area contributed by atoms with E-state index in [1.165, 1.54) is 11.0 Å². The van der Waals surface area contributed by atoms with Gasteiger partial charge < -0.3 is 5.32 Å². The van der Waals surface area contributed by atoms with Gasteiger partial charge in [-0.1, -0.05) is 36.4 Å². The minimum absolute atomic E-state index is 0.0425. The summed E-state index contributed by atoms with van der Waals surface area (Å²) in [7, 11) is 0. The molecule has 0 aliphatic rings. The Labute approximate surface area is 160 Å². The third-order valence-corrected chi connectivity index (χ3v) is 5.32. The quantitative estimate of drug-likeness (QED) is 0.537. The molecule has 1 N–H and O–H groups in total. The van der Waals surface area contributed by atoms with Gasteiger partial charge in [-0.15, -0.1) is 11.3 Å². The molecule has 0 aliphatic heterocycles.